The molecule has 0 bridgehead atoms. The highest BCUT2D eigenvalue weighted by atomic mass is 79.9. The Morgan fingerprint density at radius 2 is 2.11 bits per heavy atom. The Morgan fingerprint density at radius 3 is 2.72 bits per heavy atom. The molecular formula is C13H12Br2FNS. The summed E-state index contributed by atoms with van der Waals surface area (Å²) < 4.78 is 15.2. The molecule has 2 aromatic rings. The second-order valence-electron chi connectivity index (χ2n) is 3.77. The number of thiophene rings is 1. The zero-order valence-electron chi connectivity index (χ0n) is 9.71. The van der Waals surface area contributed by atoms with E-state index in [0.29, 0.717) is 4.47 Å². The molecule has 1 aromatic heterocycles. The Morgan fingerprint density at radius 1 is 1.33 bits per heavy atom. The monoisotopic (exact) mass is 391 g/mol. The third-order valence-corrected chi connectivity index (χ3v) is 5.38. The normalized spacial score (nSPS) is 12.7. The van der Waals surface area contributed by atoms with E-state index in [9.17, 15) is 4.39 Å². The van der Waals surface area contributed by atoms with Gasteiger partial charge in [-0.2, -0.15) is 0 Å². The first kappa shape index (κ1) is 14.2. The van der Waals surface area contributed by atoms with Crippen molar-refractivity contribution in [2.24, 2.45) is 0 Å². The van der Waals surface area contributed by atoms with E-state index in [-0.39, 0.29) is 11.9 Å². The predicted molar refractivity (Wildman–Crippen MR) is 81.6 cm³/mol. The first-order chi connectivity index (χ1) is 8.65. The van der Waals surface area contributed by atoms with Crippen molar-refractivity contribution in [3.8, 4) is 0 Å². The molecule has 18 heavy (non-hydrogen) atoms. The number of halogens is 3. The summed E-state index contributed by atoms with van der Waals surface area (Å²) in [5, 5.41) is 5.42. The van der Waals surface area contributed by atoms with Gasteiger partial charge in [-0.05, 0) is 61.5 Å². The zero-order chi connectivity index (χ0) is 13.1. The average molecular weight is 393 g/mol. The fourth-order valence-electron chi connectivity index (χ4n) is 1.80. The van der Waals surface area contributed by atoms with Crippen LogP contribution in [0.25, 0.3) is 0 Å². The largest absolute Gasteiger partial charge is 0.306 e. The molecule has 2 rings (SSSR count). The second-order valence-corrected chi connectivity index (χ2v) is 6.36. The van der Waals surface area contributed by atoms with Crippen molar-refractivity contribution in [3.63, 3.8) is 0 Å². The van der Waals surface area contributed by atoms with Crippen molar-refractivity contribution >= 4 is 43.2 Å². The van der Waals surface area contributed by atoms with E-state index < -0.39 is 0 Å². The molecule has 5 heteroatoms. The number of hydrogen-bond acceptors (Lipinski definition) is 2. The molecule has 0 saturated heterocycles. The van der Waals surface area contributed by atoms with Crippen LogP contribution < -0.4 is 5.32 Å². The molecule has 1 aromatic carbocycles. The molecule has 1 atom stereocenters. The Balaban J connectivity index is 2.48. The van der Waals surface area contributed by atoms with Gasteiger partial charge in [0.05, 0.1) is 10.5 Å². The van der Waals surface area contributed by atoms with Crippen LogP contribution in [-0.4, -0.2) is 6.54 Å². The summed E-state index contributed by atoms with van der Waals surface area (Å²) in [4.78, 5) is 1.16. The summed E-state index contributed by atoms with van der Waals surface area (Å²) >= 11 is 8.53. The van der Waals surface area contributed by atoms with Crippen LogP contribution in [0.4, 0.5) is 4.39 Å². The van der Waals surface area contributed by atoms with Gasteiger partial charge in [-0.25, -0.2) is 4.39 Å². The quantitative estimate of drug-likeness (QED) is 0.762. The van der Waals surface area contributed by atoms with E-state index in [1.165, 1.54) is 6.07 Å². The third-order valence-electron chi connectivity index (χ3n) is 2.61. The van der Waals surface area contributed by atoms with Crippen LogP contribution in [0.15, 0.2) is 38.6 Å². The van der Waals surface area contributed by atoms with Crippen LogP contribution in [0.5, 0.6) is 0 Å². The van der Waals surface area contributed by atoms with Crippen LogP contribution in [0, 0.1) is 5.82 Å². The smallest absolute Gasteiger partial charge is 0.137 e. The summed E-state index contributed by atoms with van der Waals surface area (Å²) in [6.07, 6.45) is 0. The Kier molecular flexibility index (Phi) is 4.95. The van der Waals surface area contributed by atoms with Crippen molar-refractivity contribution in [1.82, 2.24) is 5.32 Å². The maximum atomic E-state index is 13.6. The van der Waals surface area contributed by atoms with Gasteiger partial charge < -0.3 is 5.32 Å². The molecule has 0 aliphatic carbocycles. The van der Waals surface area contributed by atoms with Crippen molar-refractivity contribution in [1.29, 1.82) is 0 Å². The minimum Gasteiger partial charge on any atom is -0.306 e. The summed E-state index contributed by atoms with van der Waals surface area (Å²) in [6, 6.07) is 7.14. The van der Waals surface area contributed by atoms with Crippen LogP contribution in [0.2, 0.25) is 0 Å². The Labute approximate surface area is 127 Å². The van der Waals surface area contributed by atoms with Crippen LogP contribution in [0.1, 0.15) is 23.4 Å². The Hall–Kier alpha value is -0.230. The predicted octanol–water partition coefficient (Wildman–Crippen LogP) is 5.11. The minimum absolute atomic E-state index is 0.00514. The Bertz CT molecular complexity index is 542. The highest BCUT2D eigenvalue weighted by Gasteiger charge is 2.20. The fraction of sp³-hybridized carbons (Fsp3) is 0.231. The lowest BCUT2D eigenvalue weighted by Gasteiger charge is -2.19. The summed E-state index contributed by atoms with van der Waals surface area (Å²) in [5.41, 5.74) is 0.917. The number of nitrogens with one attached hydrogen (secondary N) is 1. The average Bonchev–Trinajstić information content (AvgIpc) is 2.76. The van der Waals surface area contributed by atoms with Gasteiger partial charge in [-0.1, -0.05) is 19.1 Å². The van der Waals surface area contributed by atoms with E-state index in [1.54, 1.807) is 17.4 Å². The number of hydrogen-bond donors (Lipinski definition) is 1. The molecule has 0 radical (unpaired) electrons. The zero-order valence-corrected chi connectivity index (χ0v) is 13.7. The molecule has 0 fully saturated rings. The molecule has 1 unspecified atom stereocenters. The van der Waals surface area contributed by atoms with Crippen molar-refractivity contribution < 1.29 is 4.39 Å². The maximum absolute atomic E-state index is 13.6. The van der Waals surface area contributed by atoms with E-state index >= 15 is 0 Å². The topological polar surface area (TPSA) is 12.0 Å². The molecule has 1 nitrogen and oxygen atoms in total. The standard InChI is InChI=1S/C13H12Br2FNS/c1-2-17-12(13-9(14)6-7-18-13)8-4-3-5-10(16)11(8)15/h3-7,12,17H,2H2,1H3. The SMILES string of the molecule is CCNC(c1cccc(F)c1Br)c1sccc1Br. The second kappa shape index (κ2) is 6.28. The third kappa shape index (κ3) is 2.85. The van der Waals surface area contributed by atoms with E-state index in [2.05, 4.69) is 37.2 Å². The molecule has 96 valence electrons. The van der Waals surface area contributed by atoms with Gasteiger partial charge in [0.2, 0.25) is 0 Å². The summed E-state index contributed by atoms with van der Waals surface area (Å²) in [6.45, 7) is 2.86. The molecule has 0 amide bonds. The van der Waals surface area contributed by atoms with Crippen molar-refractivity contribution in [2.45, 2.75) is 13.0 Å². The lowest BCUT2D eigenvalue weighted by Crippen LogP contribution is -2.22. The molecule has 0 spiro atoms. The van der Waals surface area contributed by atoms with Gasteiger partial charge in [0, 0.05) is 9.35 Å². The van der Waals surface area contributed by atoms with E-state index in [4.69, 9.17) is 0 Å². The highest BCUT2D eigenvalue weighted by molar-refractivity contribution is 9.10. The van der Waals surface area contributed by atoms with Gasteiger partial charge in [0.25, 0.3) is 0 Å². The van der Waals surface area contributed by atoms with E-state index in [1.807, 2.05) is 24.4 Å². The number of benzene rings is 1. The highest BCUT2D eigenvalue weighted by Crippen LogP contribution is 2.36. The molecule has 0 saturated carbocycles. The lowest BCUT2D eigenvalue weighted by atomic mass is 10.1. The molecule has 0 aliphatic rings. The van der Waals surface area contributed by atoms with Crippen LogP contribution in [0.3, 0.4) is 0 Å². The van der Waals surface area contributed by atoms with Crippen LogP contribution in [-0.2, 0) is 0 Å². The fourth-order valence-corrected chi connectivity index (χ4v) is 3.99. The van der Waals surface area contributed by atoms with Crippen molar-refractivity contribution in [2.75, 3.05) is 6.54 Å². The first-order valence-electron chi connectivity index (χ1n) is 5.55. The van der Waals surface area contributed by atoms with Gasteiger partial charge in [0.1, 0.15) is 5.82 Å². The van der Waals surface area contributed by atoms with Gasteiger partial charge in [-0.15, -0.1) is 11.3 Å². The molecule has 0 aliphatic heterocycles. The van der Waals surface area contributed by atoms with Crippen molar-refractivity contribution in [3.05, 3.63) is 54.8 Å². The lowest BCUT2D eigenvalue weighted by molar-refractivity contribution is 0.598. The minimum atomic E-state index is -0.233. The maximum Gasteiger partial charge on any atom is 0.137 e. The number of rotatable bonds is 4. The van der Waals surface area contributed by atoms with Gasteiger partial charge >= 0.3 is 0 Å². The summed E-state index contributed by atoms with van der Waals surface area (Å²) in [5.74, 6) is -0.233. The molecule has 1 heterocycles. The van der Waals surface area contributed by atoms with Gasteiger partial charge in [0.15, 0.2) is 0 Å². The molecule has 1 N–H and O–H groups in total. The van der Waals surface area contributed by atoms with E-state index in [0.717, 1.165) is 21.5 Å². The summed E-state index contributed by atoms with van der Waals surface area (Å²) in [7, 11) is 0. The van der Waals surface area contributed by atoms with Crippen LogP contribution >= 0.6 is 43.2 Å². The van der Waals surface area contributed by atoms with Gasteiger partial charge in [-0.3, -0.25) is 0 Å². The first-order valence-corrected chi connectivity index (χ1v) is 8.02. The molecular weight excluding hydrogens is 381 g/mol.